The first-order valence-corrected chi connectivity index (χ1v) is 5.76. The Balaban J connectivity index is 1.68. The van der Waals surface area contributed by atoms with Crippen molar-refractivity contribution in [1.29, 1.82) is 0 Å². The highest BCUT2D eigenvalue weighted by Gasteiger charge is 2.32. The lowest BCUT2D eigenvalue weighted by atomic mass is 10.2. The summed E-state index contributed by atoms with van der Waals surface area (Å²) in [6.07, 6.45) is -1.14. The summed E-state index contributed by atoms with van der Waals surface area (Å²) in [5, 5.41) is 0. The molecule has 2 unspecified atom stereocenters. The second kappa shape index (κ2) is 6.49. The molecule has 1 saturated heterocycles. The van der Waals surface area contributed by atoms with Gasteiger partial charge in [0.2, 0.25) is 0 Å². The minimum atomic E-state index is -0.639. The molecule has 18 heavy (non-hydrogen) atoms. The number of carbonyl (C=O) groups excluding carboxylic acids is 1. The van der Waals surface area contributed by atoms with Gasteiger partial charge in [0.1, 0.15) is 0 Å². The average molecular weight is 252 g/mol. The third kappa shape index (κ3) is 3.53. The van der Waals surface area contributed by atoms with Gasteiger partial charge in [-0.15, -0.1) is 0 Å². The lowest BCUT2D eigenvalue weighted by Crippen LogP contribution is -2.25. The molecule has 2 rings (SSSR count). The van der Waals surface area contributed by atoms with E-state index in [1.54, 1.807) is 0 Å². The molecule has 5 nitrogen and oxygen atoms in total. The summed E-state index contributed by atoms with van der Waals surface area (Å²) >= 11 is 0. The Morgan fingerprint density at radius 1 is 1.39 bits per heavy atom. The molecule has 98 valence electrons. The minimum absolute atomic E-state index is 0.214. The van der Waals surface area contributed by atoms with Crippen LogP contribution < -0.4 is 0 Å². The molecule has 0 saturated carbocycles. The summed E-state index contributed by atoms with van der Waals surface area (Å²) in [5.41, 5.74) is 1.08. The molecular weight excluding hydrogens is 236 g/mol. The Kier molecular flexibility index (Phi) is 4.69. The Hall–Kier alpha value is -1.43. The van der Waals surface area contributed by atoms with Gasteiger partial charge in [-0.3, -0.25) is 0 Å². The van der Waals surface area contributed by atoms with Crippen molar-refractivity contribution in [2.45, 2.75) is 19.0 Å². The van der Waals surface area contributed by atoms with Crippen molar-refractivity contribution in [2.75, 3.05) is 20.3 Å². The molecular formula is C13H16O5. The quantitative estimate of drug-likeness (QED) is 0.735. The number of hydrogen-bond donors (Lipinski definition) is 0. The summed E-state index contributed by atoms with van der Waals surface area (Å²) < 4.78 is 20.6. The number of esters is 1. The molecule has 0 bridgehead atoms. The SMILES string of the molecule is COC(=O)C1COC(COCc2ccccc2)O1. The van der Waals surface area contributed by atoms with Crippen molar-refractivity contribution in [3.8, 4) is 0 Å². The number of benzene rings is 1. The van der Waals surface area contributed by atoms with Crippen LogP contribution in [-0.4, -0.2) is 38.7 Å². The fourth-order valence-electron chi connectivity index (χ4n) is 1.65. The van der Waals surface area contributed by atoms with Crippen LogP contribution in [0.5, 0.6) is 0 Å². The molecule has 0 aromatic heterocycles. The standard InChI is InChI=1S/C13H16O5/c1-15-13(14)11-8-17-12(18-11)9-16-7-10-5-3-2-4-6-10/h2-6,11-12H,7-9H2,1H3. The van der Waals surface area contributed by atoms with E-state index < -0.39 is 18.4 Å². The van der Waals surface area contributed by atoms with Crippen molar-refractivity contribution >= 4 is 5.97 Å². The van der Waals surface area contributed by atoms with Gasteiger partial charge < -0.3 is 18.9 Å². The monoisotopic (exact) mass is 252 g/mol. The molecule has 1 heterocycles. The maximum absolute atomic E-state index is 11.2. The first-order valence-electron chi connectivity index (χ1n) is 5.76. The molecule has 1 aromatic rings. The smallest absolute Gasteiger partial charge is 0.337 e. The first kappa shape index (κ1) is 13.0. The fraction of sp³-hybridized carbons (Fsp3) is 0.462. The van der Waals surface area contributed by atoms with Gasteiger partial charge in [-0.05, 0) is 5.56 Å². The van der Waals surface area contributed by atoms with E-state index in [0.717, 1.165) is 5.56 Å². The van der Waals surface area contributed by atoms with Crippen LogP contribution in [0.2, 0.25) is 0 Å². The lowest BCUT2D eigenvalue weighted by Gasteiger charge is -2.11. The summed E-state index contributed by atoms with van der Waals surface area (Å²) in [6.45, 7) is 1.00. The molecule has 0 aliphatic carbocycles. The molecule has 1 aliphatic heterocycles. The third-order valence-electron chi connectivity index (χ3n) is 2.58. The molecule has 0 amide bonds. The number of rotatable bonds is 5. The van der Waals surface area contributed by atoms with E-state index in [0.29, 0.717) is 13.2 Å². The van der Waals surface area contributed by atoms with Crippen LogP contribution in [0.15, 0.2) is 30.3 Å². The van der Waals surface area contributed by atoms with Gasteiger partial charge in [0.25, 0.3) is 0 Å². The van der Waals surface area contributed by atoms with Crippen LogP contribution >= 0.6 is 0 Å². The average Bonchev–Trinajstić information content (AvgIpc) is 2.88. The topological polar surface area (TPSA) is 54.0 Å². The normalized spacial score (nSPS) is 22.9. The van der Waals surface area contributed by atoms with Crippen LogP contribution in [-0.2, 0) is 30.3 Å². The fourth-order valence-corrected chi connectivity index (χ4v) is 1.65. The predicted molar refractivity (Wildman–Crippen MR) is 62.7 cm³/mol. The summed E-state index contributed by atoms with van der Waals surface area (Å²) in [7, 11) is 1.32. The van der Waals surface area contributed by atoms with Crippen LogP contribution in [0.3, 0.4) is 0 Å². The van der Waals surface area contributed by atoms with Crippen LogP contribution in [0.4, 0.5) is 0 Å². The van der Waals surface area contributed by atoms with E-state index in [1.165, 1.54) is 7.11 Å². The van der Waals surface area contributed by atoms with Crippen molar-refractivity contribution in [1.82, 2.24) is 0 Å². The van der Waals surface area contributed by atoms with E-state index in [9.17, 15) is 4.79 Å². The lowest BCUT2D eigenvalue weighted by molar-refractivity contribution is -0.157. The van der Waals surface area contributed by atoms with E-state index in [1.807, 2.05) is 30.3 Å². The van der Waals surface area contributed by atoms with Gasteiger partial charge >= 0.3 is 5.97 Å². The van der Waals surface area contributed by atoms with Crippen LogP contribution in [0.25, 0.3) is 0 Å². The van der Waals surface area contributed by atoms with Gasteiger partial charge in [-0.1, -0.05) is 30.3 Å². The molecule has 1 fully saturated rings. The van der Waals surface area contributed by atoms with Crippen molar-refractivity contribution in [3.05, 3.63) is 35.9 Å². The van der Waals surface area contributed by atoms with E-state index in [-0.39, 0.29) is 6.61 Å². The zero-order chi connectivity index (χ0) is 12.8. The highest BCUT2D eigenvalue weighted by atomic mass is 16.7. The number of ether oxygens (including phenoxy) is 4. The second-order valence-corrected chi connectivity index (χ2v) is 3.91. The van der Waals surface area contributed by atoms with Crippen molar-refractivity contribution in [2.24, 2.45) is 0 Å². The highest BCUT2D eigenvalue weighted by Crippen LogP contribution is 2.13. The van der Waals surface area contributed by atoms with Crippen LogP contribution in [0, 0.1) is 0 Å². The predicted octanol–water partition coefficient (Wildman–Crippen LogP) is 1.12. The van der Waals surface area contributed by atoms with Gasteiger partial charge in [0, 0.05) is 0 Å². The first-order chi connectivity index (χ1) is 8.79. The van der Waals surface area contributed by atoms with Crippen molar-refractivity contribution in [3.63, 3.8) is 0 Å². The summed E-state index contributed by atoms with van der Waals surface area (Å²) in [4.78, 5) is 11.2. The van der Waals surface area contributed by atoms with E-state index in [4.69, 9.17) is 14.2 Å². The molecule has 1 aromatic carbocycles. The molecule has 0 radical (unpaired) electrons. The summed E-state index contributed by atoms with van der Waals surface area (Å²) in [5.74, 6) is -0.416. The molecule has 0 N–H and O–H groups in total. The number of carbonyl (C=O) groups is 1. The summed E-state index contributed by atoms with van der Waals surface area (Å²) in [6, 6.07) is 9.82. The zero-order valence-electron chi connectivity index (χ0n) is 10.2. The molecule has 5 heteroatoms. The van der Waals surface area contributed by atoms with Crippen LogP contribution in [0.1, 0.15) is 5.56 Å². The number of hydrogen-bond acceptors (Lipinski definition) is 5. The maximum Gasteiger partial charge on any atom is 0.337 e. The highest BCUT2D eigenvalue weighted by molar-refractivity contribution is 5.74. The molecule has 1 aliphatic rings. The van der Waals surface area contributed by atoms with Gasteiger partial charge in [-0.25, -0.2) is 4.79 Å². The Labute approximate surface area is 106 Å². The van der Waals surface area contributed by atoms with Gasteiger partial charge in [-0.2, -0.15) is 0 Å². The Morgan fingerprint density at radius 3 is 2.89 bits per heavy atom. The van der Waals surface area contributed by atoms with E-state index in [2.05, 4.69) is 4.74 Å². The van der Waals surface area contributed by atoms with Gasteiger partial charge in [0.05, 0.1) is 26.9 Å². The van der Waals surface area contributed by atoms with E-state index >= 15 is 0 Å². The van der Waals surface area contributed by atoms with Gasteiger partial charge in [0.15, 0.2) is 12.4 Å². The third-order valence-corrected chi connectivity index (χ3v) is 2.58. The van der Waals surface area contributed by atoms with Crippen molar-refractivity contribution < 1.29 is 23.7 Å². The zero-order valence-corrected chi connectivity index (χ0v) is 10.2. The molecule has 2 atom stereocenters. The largest absolute Gasteiger partial charge is 0.467 e. The Morgan fingerprint density at radius 2 is 2.17 bits per heavy atom. The minimum Gasteiger partial charge on any atom is -0.467 e. The second-order valence-electron chi connectivity index (χ2n) is 3.91. The number of methoxy groups -OCH3 is 1. The maximum atomic E-state index is 11.2. The molecule has 0 spiro atoms. The Bertz CT molecular complexity index is 378.